The van der Waals surface area contributed by atoms with Crippen LogP contribution >= 0.6 is 0 Å². The number of hydrogen-bond acceptors (Lipinski definition) is 6. The molecule has 7 aromatic carbocycles. The van der Waals surface area contributed by atoms with Crippen molar-refractivity contribution < 1.29 is 30.2 Å². The van der Waals surface area contributed by atoms with E-state index in [0.717, 1.165) is 84.1 Å². The molecule has 0 atom stereocenters. The van der Waals surface area contributed by atoms with Gasteiger partial charge in [0.25, 0.3) is 0 Å². The van der Waals surface area contributed by atoms with Crippen molar-refractivity contribution in [2.45, 2.75) is 26.2 Å². The Hall–Kier alpha value is -6.62. The van der Waals surface area contributed by atoms with Crippen LogP contribution in [0.5, 0.6) is 11.5 Å². The van der Waals surface area contributed by atoms with E-state index < -0.39 is 0 Å². The molecule has 6 nitrogen and oxygen atoms in total. The van der Waals surface area contributed by atoms with E-state index in [9.17, 15) is 0 Å². The van der Waals surface area contributed by atoms with Gasteiger partial charge in [0, 0.05) is 72.2 Å². The summed E-state index contributed by atoms with van der Waals surface area (Å²) in [4.78, 5) is 11.6. The summed E-state index contributed by atoms with van der Waals surface area (Å²) in [7, 11) is 0. The SMILES string of the molecule is CC(C)(C)c1ccnc(N2c3[c-]c(Oc4[c-]c(N5[CH-]N(c6cccc7oc8ccccc8c67)c6ccccc65)ccc4)ccc3-c3ccccc3-c3ccccc32)c1.[Pt]. The first-order valence-corrected chi connectivity index (χ1v) is 19.5. The summed E-state index contributed by atoms with van der Waals surface area (Å²) in [5, 5.41) is 2.16. The number of hydrogen-bond donors (Lipinski definition) is 0. The second-order valence-electron chi connectivity index (χ2n) is 15.7. The van der Waals surface area contributed by atoms with Crippen LogP contribution in [0, 0.1) is 18.8 Å². The Morgan fingerprint density at radius 2 is 1.22 bits per heavy atom. The van der Waals surface area contributed by atoms with E-state index in [0.29, 0.717) is 11.5 Å². The maximum atomic E-state index is 6.69. The monoisotopic (exact) mass is 944 g/mol. The molecular weight excluding hydrogens is 908 g/mol. The minimum atomic E-state index is -0.0599. The summed E-state index contributed by atoms with van der Waals surface area (Å²) in [6.45, 7) is 8.81. The van der Waals surface area contributed by atoms with Crippen LogP contribution in [0.1, 0.15) is 26.3 Å². The fourth-order valence-corrected chi connectivity index (χ4v) is 8.34. The van der Waals surface area contributed by atoms with Gasteiger partial charge in [0.05, 0.1) is 5.69 Å². The van der Waals surface area contributed by atoms with Gasteiger partial charge in [-0.3, -0.25) is 0 Å². The van der Waals surface area contributed by atoms with Crippen LogP contribution in [0.3, 0.4) is 0 Å². The van der Waals surface area contributed by atoms with Crippen molar-refractivity contribution in [1.82, 2.24) is 4.98 Å². The molecule has 2 aliphatic heterocycles. The number of aromatic nitrogens is 1. The number of para-hydroxylation sites is 4. The Balaban J connectivity index is 0.00000420. The molecule has 0 radical (unpaired) electrons. The molecule has 59 heavy (non-hydrogen) atoms. The van der Waals surface area contributed by atoms with Crippen molar-refractivity contribution in [2.24, 2.45) is 0 Å². The molecular formula is C52H37N4O2Pt-3. The van der Waals surface area contributed by atoms with E-state index >= 15 is 0 Å². The van der Waals surface area contributed by atoms with Gasteiger partial charge in [-0.1, -0.05) is 111 Å². The molecule has 0 amide bonds. The number of nitrogens with zero attached hydrogens (tertiary/aromatic N) is 4. The van der Waals surface area contributed by atoms with Gasteiger partial charge in [-0.05, 0) is 65.1 Å². The molecule has 11 rings (SSSR count). The molecule has 0 unspecified atom stereocenters. The Bertz CT molecular complexity index is 3060. The van der Waals surface area contributed by atoms with Gasteiger partial charge >= 0.3 is 0 Å². The molecule has 2 aromatic heterocycles. The smallest absolute Gasteiger partial charge is 0.137 e. The number of anilines is 7. The number of benzene rings is 7. The topological polar surface area (TPSA) is 45.0 Å². The van der Waals surface area contributed by atoms with Gasteiger partial charge in [-0.15, -0.1) is 48.3 Å². The Morgan fingerprint density at radius 1 is 0.576 bits per heavy atom. The second kappa shape index (κ2) is 14.3. The standard InChI is InChI=1S/C52H37N4O2.Pt/c1-52(2,3)34-28-29-53-50(30-34)56-43-20-8-6-18-40(43)38-16-4-5-17-39(38)41-27-26-37(32-47(41)56)57-36-15-12-14-35(31-36)54-33-55(45-22-10-9-21-44(45)54)46-23-13-25-49-51(46)42-19-7-11-24-48(42)58-49;/h4-30,33H,1-3H3;/q-3;. The van der Waals surface area contributed by atoms with E-state index in [1.165, 1.54) is 5.56 Å². The summed E-state index contributed by atoms with van der Waals surface area (Å²) in [5.74, 6) is 1.98. The van der Waals surface area contributed by atoms with Crippen molar-refractivity contribution >= 4 is 61.9 Å². The van der Waals surface area contributed by atoms with Crippen LogP contribution in [0.2, 0.25) is 0 Å². The number of rotatable bonds is 5. The Labute approximate surface area is 358 Å². The minimum Gasteiger partial charge on any atom is -0.509 e. The first-order chi connectivity index (χ1) is 28.4. The predicted molar refractivity (Wildman–Crippen MR) is 235 cm³/mol. The van der Waals surface area contributed by atoms with Crippen molar-refractivity contribution in [1.29, 1.82) is 0 Å². The molecule has 7 heteroatoms. The van der Waals surface area contributed by atoms with E-state index in [1.54, 1.807) is 0 Å². The van der Waals surface area contributed by atoms with Crippen LogP contribution in [0.4, 0.5) is 39.9 Å². The second-order valence-corrected chi connectivity index (χ2v) is 15.7. The van der Waals surface area contributed by atoms with E-state index in [4.69, 9.17) is 14.1 Å². The molecule has 0 fully saturated rings. The first kappa shape index (κ1) is 36.7. The molecule has 0 saturated heterocycles. The van der Waals surface area contributed by atoms with Crippen LogP contribution in [-0.2, 0) is 26.5 Å². The van der Waals surface area contributed by atoms with Crippen molar-refractivity contribution in [3.63, 3.8) is 0 Å². The maximum Gasteiger partial charge on any atom is 0.137 e. The fourth-order valence-electron chi connectivity index (χ4n) is 8.34. The largest absolute Gasteiger partial charge is 0.509 e. The number of pyridine rings is 1. The third kappa shape index (κ3) is 6.18. The zero-order chi connectivity index (χ0) is 39.0. The number of ether oxygens (including phenoxy) is 1. The summed E-state index contributed by atoms with van der Waals surface area (Å²) >= 11 is 0. The third-order valence-corrected chi connectivity index (χ3v) is 11.1. The summed E-state index contributed by atoms with van der Waals surface area (Å²) in [6, 6.07) is 61.7. The molecule has 2 aliphatic rings. The van der Waals surface area contributed by atoms with Crippen LogP contribution in [0.25, 0.3) is 44.2 Å². The van der Waals surface area contributed by atoms with Crippen molar-refractivity contribution in [2.75, 3.05) is 14.7 Å². The molecule has 0 bridgehead atoms. The van der Waals surface area contributed by atoms with E-state index in [-0.39, 0.29) is 26.5 Å². The Kier molecular flexibility index (Phi) is 8.92. The summed E-state index contributed by atoms with van der Waals surface area (Å²) in [5.41, 5.74) is 13.2. The molecule has 0 saturated carbocycles. The quantitative estimate of drug-likeness (QED) is 0.160. The normalized spacial score (nSPS) is 13.0. The van der Waals surface area contributed by atoms with E-state index in [2.05, 4.69) is 170 Å². The van der Waals surface area contributed by atoms with Crippen LogP contribution < -0.4 is 19.4 Å². The van der Waals surface area contributed by atoms with Crippen LogP contribution in [0.15, 0.2) is 168 Å². The van der Waals surface area contributed by atoms with Gasteiger partial charge < -0.3 is 23.9 Å². The molecule has 4 heterocycles. The van der Waals surface area contributed by atoms with Gasteiger partial charge in [0.15, 0.2) is 0 Å². The first-order valence-electron chi connectivity index (χ1n) is 19.5. The van der Waals surface area contributed by atoms with Crippen molar-refractivity contribution in [3.05, 3.63) is 188 Å². The van der Waals surface area contributed by atoms with Crippen LogP contribution in [-0.4, -0.2) is 4.98 Å². The molecule has 0 N–H and O–H groups in total. The number of furan rings is 1. The van der Waals surface area contributed by atoms with Gasteiger partial charge in [-0.2, -0.15) is 12.1 Å². The third-order valence-electron chi connectivity index (χ3n) is 11.1. The van der Waals surface area contributed by atoms with Crippen molar-refractivity contribution in [3.8, 4) is 33.8 Å². The maximum absolute atomic E-state index is 6.69. The fraction of sp³-hybridized carbons (Fsp3) is 0.0769. The van der Waals surface area contributed by atoms with E-state index in [1.807, 2.05) is 48.7 Å². The average Bonchev–Trinajstić information content (AvgIpc) is 3.80. The molecule has 9 aromatic rings. The summed E-state index contributed by atoms with van der Waals surface area (Å²) < 4.78 is 13.0. The molecule has 0 spiro atoms. The zero-order valence-electron chi connectivity index (χ0n) is 32.6. The van der Waals surface area contributed by atoms with Gasteiger partial charge in [-0.25, -0.2) is 4.98 Å². The predicted octanol–water partition coefficient (Wildman–Crippen LogP) is 14.2. The zero-order valence-corrected chi connectivity index (χ0v) is 34.9. The molecule has 0 aliphatic carbocycles. The minimum absolute atomic E-state index is 0. The van der Waals surface area contributed by atoms with Gasteiger partial charge in [0.2, 0.25) is 0 Å². The molecule has 290 valence electrons. The average molecular weight is 945 g/mol. The summed E-state index contributed by atoms with van der Waals surface area (Å²) in [6.07, 6.45) is 1.91. The Morgan fingerprint density at radius 3 is 2.03 bits per heavy atom. The van der Waals surface area contributed by atoms with Gasteiger partial charge in [0.1, 0.15) is 17.0 Å². The number of fused-ring (bicyclic) bond motifs is 9.